The summed E-state index contributed by atoms with van der Waals surface area (Å²) in [7, 11) is 0. The number of likely N-dealkylation sites (tertiary alicyclic amines) is 1. The molecule has 200 valence electrons. The highest BCUT2D eigenvalue weighted by Crippen LogP contribution is 2.40. The van der Waals surface area contributed by atoms with Gasteiger partial charge in [0.2, 0.25) is 0 Å². The molecule has 0 spiro atoms. The molecule has 2 fully saturated rings. The van der Waals surface area contributed by atoms with E-state index in [1.807, 2.05) is 20.8 Å². The molecule has 5 heterocycles. The fraction of sp³-hybridized carbons (Fsp3) is 0.652. The van der Waals surface area contributed by atoms with E-state index in [9.17, 15) is 15.0 Å². The third-order valence-corrected chi connectivity index (χ3v) is 6.59. The van der Waals surface area contributed by atoms with Gasteiger partial charge in [-0.1, -0.05) is 25.9 Å². The fourth-order valence-electron chi connectivity index (χ4n) is 4.51. The first kappa shape index (κ1) is 25.3. The van der Waals surface area contributed by atoms with Crippen LogP contribution in [0.2, 0.25) is 0 Å². The number of piperidine rings is 1. The van der Waals surface area contributed by atoms with Gasteiger partial charge in [0.1, 0.15) is 18.5 Å². The average Bonchev–Trinajstić information content (AvgIpc) is 3.59. The summed E-state index contributed by atoms with van der Waals surface area (Å²) in [5, 5.41) is 28.9. The van der Waals surface area contributed by atoms with Gasteiger partial charge in [-0.15, -0.1) is 0 Å². The van der Waals surface area contributed by atoms with Crippen molar-refractivity contribution in [2.45, 2.75) is 76.5 Å². The predicted octanol–water partition coefficient (Wildman–Crippen LogP) is 1.53. The van der Waals surface area contributed by atoms with Crippen LogP contribution in [0.3, 0.4) is 0 Å². The van der Waals surface area contributed by atoms with E-state index in [4.69, 9.17) is 14.0 Å². The molecule has 0 aromatic carbocycles. The maximum atomic E-state index is 12.0. The number of anilines is 1. The van der Waals surface area contributed by atoms with Crippen molar-refractivity contribution < 1.29 is 29.0 Å². The lowest BCUT2D eigenvalue weighted by molar-refractivity contribution is -0.0451. The number of hydrogen-bond donors (Lipinski definition) is 3. The van der Waals surface area contributed by atoms with E-state index in [1.54, 1.807) is 16.4 Å². The van der Waals surface area contributed by atoms with Crippen LogP contribution in [-0.2, 0) is 14.9 Å². The van der Waals surface area contributed by atoms with Crippen LogP contribution in [0.4, 0.5) is 10.6 Å². The number of nitrogens with one attached hydrogen (secondary N) is 1. The summed E-state index contributed by atoms with van der Waals surface area (Å²) < 4.78 is 18.0. The molecule has 5 rings (SSSR count). The highest BCUT2D eigenvalue weighted by molar-refractivity contribution is 5.82. The minimum Gasteiger partial charge on any atom is -0.450 e. The summed E-state index contributed by atoms with van der Waals surface area (Å²) in [4.78, 5) is 31.2. The molecular weight excluding hydrogens is 484 g/mol. The smallest absolute Gasteiger partial charge is 0.409 e. The van der Waals surface area contributed by atoms with Gasteiger partial charge >= 0.3 is 6.09 Å². The third kappa shape index (κ3) is 4.83. The van der Waals surface area contributed by atoms with E-state index in [1.165, 1.54) is 12.7 Å². The summed E-state index contributed by atoms with van der Waals surface area (Å²) in [6.45, 7) is 9.12. The van der Waals surface area contributed by atoms with Crippen LogP contribution < -0.4 is 5.32 Å². The van der Waals surface area contributed by atoms with Crippen molar-refractivity contribution in [2.75, 3.05) is 25.0 Å². The van der Waals surface area contributed by atoms with Gasteiger partial charge in [0.05, 0.1) is 12.9 Å². The molecule has 3 aromatic heterocycles. The Morgan fingerprint density at radius 1 is 1.19 bits per heavy atom. The third-order valence-electron chi connectivity index (χ3n) is 6.59. The van der Waals surface area contributed by atoms with Gasteiger partial charge < -0.3 is 34.4 Å². The number of aromatic nitrogens is 6. The lowest BCUT2D eigenvalue weighted by Crippen LogP contribution is -2.42. The number of aliphatic hydroxyl groups excluding tert-OH is 2. The number of carbonyl (C=O) groups is 1. The molecule has 4 atom stereocenters. The molecule has 14 heteroatoms. The first-order valence-electron chi connectivity index (χ1n) is 12.4. The van der Waals surface area contributed by atoms with Crippen molar-refractivity contribution >= 4 is 23.1 Å². The zero-order valence-corrected chi connectivity index (χ0v) is 21.2. The average molecular weight is 517 g/mol. The molecular formula is C23H32N8O6. The number of ether oxygens (including phenoxy) is 2. The molecule has 0 unspecified atom stereocenters. The molecule has 2 saturated heterocycles. The zero-order chi connectivity index (χ0) is 26.3. The van der Waals surface area contributed by atoms with E-state index in [0.717, 1.165) is 12.8 Å². The van der Waals surface area contributed by atoms with Crippen molar-refractivity contribution in [3.8, 4) is 0 Å². The van der Waals surface area contributed by atoms with Crippen molar-refractivity contribution in [1.82, 2.24) is 34.6 Å². The Morgan fingerprint density at radius 3 is 2.62 bits per heavy atom. The van der Waals surface area contributed by atoms with Gasteiger partial charge in [0.25, 0.3) is 5.89 Å². The summed E-state index contributed by atoms with van der Waals surface area (Å²) >= 11 is 0. The van der Waals surface area contributed by atoms with E-state index in [-0.39, 0.29) is 23.4 Å². The van der Waals surface area contributed by atoms with Crippen LogP contribution in [0.25, 0.3) is 11.2 Å². The molecule has 2 aliphatic rings. The van der Waals surface area contributed by atoms with E-state index >= 15 is 0 Å². The summed E-state index contributed by atoms with van der Waals surface area (Å²) in [6, 6.07) is 0.0861. The quantitative estimate of drug-likeness (QED) is 0.447. The summed E-state index contributed by atoms with van der Waals surface area (Å²) in [5.41, 5.74) is 0.579. The Labute approximate surface area is 213 Å². The molecule has 3 N–H and O–H groups in total. The largest absolute Gasteiger partial charge is 0.450 e. The number of nitrogens with zero attached hydrogens (tertiary/aromatic N) is 7. The van der Waals surface area contributed by atoms with Gasteiger partial charge in [0, 0.05) is 24.5 Å². The molecule has 2 aliphatic heterocycles. The molecule has 14 nitrogen and oxygen atoms in total. The molecule has 0 saturated carbocycles. The number of carbonyl (C=O) groups excluding carboxylic acids is 1. The van der Waals surface area contributed by atoms with Gasteiger partial charge in [-0.2, -0.15) is 4.98 Å². The van der Waals surface area contributed by atoms with Crippen molar-refractivity contribution in [3.63, 3.8) is 0 Å². The minimum absolute atomic E-state index is 0.0861. The van der Waals surface area contributed by atoms with Crippen LogP contribution in [0, 0.1) is 0 Å². The van der Waals surface area contributed by atoms with Crippen LogP contribution in [0.5, 0.6) is 0 Å². The predicted molar refractivity (Wildman–Crippen MR) is 128 cm³/mol. The highest BCUT2D eigenvalue weighted by Gasteiger charge is 2.48. The SMILES string of the molecule is CCOC(=O)N1CCC(Nc2ncnc3c2ncn3[C@@H]2O[C@H](c3nc(C(C)(C)C)no3)[C@@H](O)[C@@H]2O)CC1. The van der Waals surface area contributed by atoms with Crippen molar-refractivity contribution in [1.29, 1.82) is 0 Å². The standard InChI is InChI=1S/C23H32N8O6/c1-5-35-22(34)30-8-6-12(7-9-30)27-17-13-18(25-10-24-17)31(11-26-13)20-15(33)14(32)16(36-20)19-28-21(29-37-19)23(2,3)4/h10-12,14-16,20,32-33H,5-9H2,1-4H3,(H,24,25,27)/t14-,15-,16-,20+/m0/s1. The number of imidazole rings is 1. The summed E-state index contributed by atoms with van der Waals surface area (Å²) in [5.74, 6) is 1.10. The Kier molecular flexibility index (Phi) is 6.72. The molecule has 0 radical (unpaired) electrons. The van der Waals surface area contributed by atoms with E-state index in [2.05, 4.69) is 30.4 Å². The van der Waals surface area contributed by atoms with Gasteiger partial charge in [-0.3, -0.25) is 4.57 Å². The molecule has 3 aromatic rings. The topological polar surface area (TPSA) is 174 Å². The Hall–Kier alpha value is -3.36. The number of hydrogen-bond acceptors (Lipinski definition) is 12. The second-order valence-corrected chi connectivity index (χ2v) is 10.3. The highest BCUT2D eigenvalue weighted by atomic mass is 16.6. The van der Waals surface area contributed by atoms with E-state index in [0.29, 0.717) is 42.5 Å². The zero-order valence-electron chi connectivity index (χ0n) is 21.2. The van der Waals surface area contributed by atoms with Crippen LogP contribution in [0.15, 0.2) is 17.2 Å². The molecule has 0 bridgehead atoms. The Bertz CT molecular complexity index is 1250. The normalized spacial score (nSPS) is 25.1. The number of fused-ring (bicyclic) bond motifs is 1. The first-order chi connectivity index (χ1) is 17.7. The Morgan fingerprint density at radius 2 is 1.95 bits per heavy atom. The van der Waals surface area contributed by atoms with Crippen LogP contribution in [0.1, 0.15) is 64.6 Å². The number of aliphatic hydroxyl groups is 2. The maximum absolute atomic E-state index is 12.0. The lowest BCUT2D eigenvalue weighted by Gasteiger charge is -2.31. The lowest BCUT2D eigenvalue weighted by atomic mass is 9.96. The van der Waals surface area contributed by atoms with Crippen molar-refractivity contribution in [2.24, 2.45) is 0 Å². The fourth-order valence-corrected chi connectivity index (χ4v) is 4.51. The summed E-state index contributed by atoms with van der Waals surface area (Å²) in [6.07, 6.45) is -0.519. The molecule has 37 heavy (non-hydrogen) atoms. The van der Waals surface area contributed by atoms with Crippen molar-refractivity contribution in [3.05, 3.63) is 24.4 Å². The van der Waals surface area contributed by atoms with Crippen LogP contribution in [-0.4, -0.2) is 88.8 Å². The van der Waals surface area contributed by atoms with E-state index < -0.39 is 24.5 Å². The number of rotatable bonds is 5. The van der Waals surface area contributed by atoms with Gasteiger partial charge in [-0.25, -0.2) is 19.7 Å². The Balaban J connectivity index is 1.32. The van der Waals surface area contributed by atoms with Gasteiger partial charge in [-0.05, 0) is 19.8 Å². The first-order valence-corrected chi connectivity index (χ1v) is 12.4. The maximum Gasteiger partial charge on any atom is 0.409 e. The van der Waals surface area contributed by atoms with Crippen LogP contribution >= 0.6 is 0 Å². The second kappa shape index (κ2) is 9.84. The number of amides is 1. The van der Waals surface area contributed by atoms with Gasteiger partial charge in [0.15, 0.2) is 35.1 Å². The monoisotopic (exact) mass is 516 g/mol. The molecule has 1 amide bonds. The minimum atomic E-state index is -1.29. The molecule has 0 aliphatic carbocycles. The second-order valence-electron chi connectivity index (χ2n) is 10.3.